The summed E-state index contributed by atoms with van der Waals surface area (Å²) in [6.45, 7) is 8.14. The Hall–Kier alpha value is -3.84. The van der Waals surface area contributed by atoms with Crippen molar-refractivity contribution in [1.29, 1.82) is 0 Å². The van der Waals surface area contributed by atoms with Crippen LogP contribution in [0.4, 0.5) is 29.3 Å². The third kappa shape index (κ3) is 8.20. The molecule has 0 aliphatic carbocycles. The third-order valence-corrected chi connectivity index (χ3v) is 11.2. The van der Waals surface area contributed by atoms with Gasteiger partial charge in [0.05, 0.1) is 11.5 Å². The van der Waals surface area contributed by atoms with Crippen molar-refractivity contribution in [3.8, 4) is 0 Å². The fourth-order valence-electron chi connectivity index (χ4n) is 8.16. The third-order valence-electron chi connectivity index (χ3n) is 11.2. The van der Waals surface area contributed by atoms with Gasteiger partial charge in [-0.25, -0.2) is 4.79 Å². The van der Waals surface area contributed by atoms with Gasteiger partial charge in [0.1, 0.15) is 0 Å². The molecule has 2 aromatic carbocycles. The Kier molecular flexibility index (Phi) is 10.9. The lowest BCUT2D eigenvalue weighted by molar-refractivity contribution is -0.143. The van der Waals surface area contributed by atoms with Gasteiger partial charge in [-0.05, 0) is 81.3 Å². The monoisotopic (exact) mass is 697 g/mol. The molecule has 0 saturated carbocycles. The molecule has 3 N–H and O–H groups in total. The highest BCUT2D eigenvalue weighted by atomic mass is 19.4. The van der Waals surface area contributed by atoms with Crippen LogP contribution < -0.4 is 11.1 Å². The zero-order valence-electron chi connectivity index (χ0n) is 29.2. The lowest BCUT2D eigenvalue weighted by atomic mass is 9.90. The number of hydrogen-bond donors (Lipinski definition) is 2. The zero-order valence-corrected chi connectivity index (χ0v) is 29.2. The van der Waals surface area contributed by atoms with E-state index in [4.69, 9.17) is 5.73 Å². The van der Waals surface area contributed by atoms with Crippen molar-refractivity contribution in [2.45, 2.75) is 70.1 Å². The first-order valence-corrected chi connectivity index (χ1v) is 18.0. The number of nitrogen functional groups attached to an aromatic ring is 1. The second-order valence-corrected chi connectivity index (χ2v) is 14.5. The molecule has 50 heavy (non-hydrogen) atoms. The number of likely N-dealkylation sites (N-methyl/N-ethyl adjacent to an activating group) is 1. The molecule has 0 aromatic heterocycles. The maximum atomic E-state index is 14.1. The number of amides is 4. The van der Waals surface area contributed by atoms with Gasteiger partial charge in [-0.3, -0.25) is 14.5 Å². The van der Waals surface area contributed by atoms with E-state index in [2.05, 4.69) is 22.2 Å². The molecule has 0 spiro atoms. The van der Waals surface area contributed by atoms with Crippen molar-refractivity contribution in [2.75, 3.05) is 77.0 Å². The molecule has 3 saturated heterocycles. The number of nitrogens with one attached hydrogen (secondary N) is 1. The number of para-hydroxylation sites is 1. The van der Waals surface area contributed by atoms with Gasteiger partial charge in [-0.2, -0.15) is 13.2 Å². The molecule has 2 aromatic rings. The smallest absolute Gasteiger partial charge is 0.398 e. The first-order chi connectivity index (χ1) is 23.9. The number of aryl methyl sites for hydroxylation is 1. The number of piperidine rings is 2. The lowest BCUT2D eigenvalue weighted by Gasteiger charge is -2.42. The van der Waals surface area contributed by atoms with E-state index in [9.17, 15) is 27.6 Å². The van der Waals surface area contributed by atoms with Crippen LogP contribution in [0.2, 0.25) is 0 Å². The molecular formula is C37H50F3N7O3. The number of nitrogens with zero attached hydrogens (tertiary/aromatic N) is 5. The Morgan fingerprint density at radius 2 is 1.54 bits per heavy atom. The number of fused-ring (bicyclic) bond motifs is 1. The first kappa shape index (κ1) is 36.0. The van der Waals surface area contributed by atoms with Crippen LogP contribution >= 0.6 is 0 Å². The number of halogens is 3. The minimum Gasteiger partial charge on any atom is -0.398 e. The van der Waals surface area contributed by atoms with Crippen molar-refractivity contribution in [1.82, 2.24) is 24.5 Å². The van der Waals surface area contributed by atoms with Crippen molar-refractivity contribution < 1.29 is 27.6 Å². The van der Waals surface area contributed by atoms with Crippen LogP contribution in [0.15, 0.2) is 36.4 Å². The molecular weight excluding hydrogens is 647 g/mol. The standard InChI is InChI=1S/C37H50F3N7O3/c1-25-21-26(23-31(34(25)41)37(38,39)40)22-28(35(49)46-14-8-29(9-15-46)44-19-17-43(2)18-20-44)24-33(48)45-12-10-30(11-13-45)47-16-7-27-5-3-4-6-32(27)42-36(47)50/h3-6,21,23,28-30H,7-20,22,24,41H2,1-2H3,(H,42,50)/t28-/m0/s1. The quantitative estimate of drug-likeness (QED) is 0.414. The largest absolute Gasteiger partial charge is 0.418 e. The van der Waals surface area contributed by atoms with Gasteiger partial charge in [-0.1, -0.05) is 24.3 Å². The second-order valence-electron chi connectivity index (χ2n) is 14.5. The average molecular weight is 698 g/mol. The van der Waals surface area contributed by atoms with E-state index in [1.165, 1.54) is 6.92 Å². The van der Waals surface area contributed by atoms with Gasteiger partial charge in [-0.15, -0.1) is 0 Å². The highest BCUT2D eigenvalue weighted by Gasteiger charge is 2.37. The molecule has 4 aliphatic heterocycles. The van der Waals surface area contributed by atoms with E-state index < -0.39 is 17.7 Å². The van der Waals surface area contributed by atoms with Gasteiger partial charge in [0.15, 0.2) is 0 Å². The second kappa shape index (κ2) is 15.2. The van der Waals surface area contributed by atoms with Crippen LogP contribution in [0.3, 0.4) is 0 Å². The summed E-state index contributed by atoms with van der Waals surface area (Å²) >= 11 is 0. The van der Waals surface area contributed by atoms with Crippen LogP contribution in [-0.2, 0) is 28.6 Å². The fourth-order valence-corrected chi connectivity index (χ4v) is 8.16. The molecule has 4 amide bonds. The number of alkyl halides is 3. The molecule has 13 heteroatoms. The molecule has 4 heterocycles. The van der Waals surface area contributed by atoms with Crippen LogP contribution in [0.5, 0.6) is 0 Å². The van der Waals surface area contributed by atoms with Gasteiger partial charge in [0.25, 0.3) is 0 Å². The minimum atomic E-state index is -4.64. The van der Waals surface area contributed by atoms with Gasteiger partial charge < -0.3 is 30.7 Å². The number of carbonyl (C=O) groups excluding carboxylic acids is 3. The number of benzene rings is 2. The van der Waals surface area contributed by atoms with Gasteiger partial charge in [0, 0.05) is 88.8 Å². The molecule has 10 nitrogen and oxygen atoms in total. The fraction of sp³-hybridized carbons (Fsp3) is 0.595. The average Bonchev–Trinajstić information content (AvgIpc) is 3.27. The molecule has 0 radical (unpaired) electrons. The van der Waals surface area contributed by atoms with E-state index in [1.54, 1.807) is 11.0 Å². The SMILES string of the molecule is Cc1cc(C[C@@H](CC(=O)N2CCC(N3CCc4ccccc4NC3=O)CC2)C(=O)N2CCC(N3CCN(C)CC3)CC2)cc(C(F)(F)F)c1N. The Morgan fingerprint density at radius 1 is 0.900 bits per heavy atom. The minimum absolute atomic E-state index is 0.0120. The number of carbonyl (C=O) groups is 3. The predicted octanol–water partition coefficient (Wildman–Crippen LogP) is 4.46. The highest BCUT2D eigenvalue weighted by Crippen LogP contribution is 2.37. The summed E-state index contributed by atoms with van der Waals surface area (Å²) in [5.74, 6) is -1.18. The lowest BCUT2D eigenvalue weighted by Crippen LogP contribution is -2.53. The zero-order chi connectivity index (χ0) is 35.6. The Morgan fingerprint density at radius 3 is 2.22 bits per heavy atom. The summed E-state index contributed by atoms with van der Waals surface area (Å²) < 4.78 is 41.7. The maximum Gasteiger partial charge on any atom is 0.418 e. The summed E-state index contributed by atoms with van der Waals surface area (Å²) in [5, 5.41) is 3.02. The number of hydrogen-bond acceptors (Lipinski definition) is 6. The Labute approximate surface area is 292 Å². The topological polar surface area (TPSA) is 105 Å². The van der Waals surface area contributed by atoms with E-state index in [-0.39, 0.29) is 42.4 Å². The molecule has 6 rings (SSSR count). The van der Waals surface area contributed by atoms with E-state index >= 15 is 0 Å². The normalized spacial score (nSPS) is 21.1. The highest BCUT2D eigenvalue weighted by molar-refractivity contribution is 5.91. The van der Waals surface area contributed by atoms with Crippen LogP contribution in [-0.4, -0.2) is 120 Å². The summed E-state index contributed by atoms with van der Waals surface area (Å²) in [4.78, 5) is 51.3. The number of likely N-dealkylation sites (tertiary alicyclic amines) is 2. The van der Waals surface area contributed by atoms with Crippen molar-refractivity contribution in [3.63, 3.8) is 0 Å². The van der Waals surface area contributed by atoms with Crippen molar-refractivity contribution in [2.24, 2.45) is 5.92 Å². The predicted molar refractivity (Wildman–Crippen MR) is 187 cm³/mol. The number of piperazine rings is 1. The van der Waals surface area contributed by atoms with E-state index in [1.807, 2.05) is 34.1 Å². The summed E-state index contributed by atoms with van der Waals surface area (Å²) in [7, 11) is 2.12. The first-order valence-electron chi connectivity index (χ1n) is 18.0. The van der Waals surface area contributed by atoms with E-state index in [0.29, 0.717) is 62.7 Å². The Balaban J connectivity index is 1.12. The summed E-state index contributed by atoms with van der Waals surface area (Å²) in [6.07, 6.45) is -1.09. The number of nitrogens with two attached hydrogens (primary N) is 1. The molecule has 4 aliphatic rings. The summed E-state index contributed by atoms with van der Waals surface area (Å²) in [6, 6.07) is 10.6. The number of rotatable bonds is 7. The molecule has 272 valence electrons. The van der Waals surface area contributed by atoms with Crippen LogP contribution in [0.1, 0.15) is 54.4 Å². The van der Waals surface area contributed by atoms with Crippen molar-refractivity contribution in [3.05, 3.63) is 58.7 Å². The number of urea groups is 1. The van der Waals surface area contributed by atoms with E-state index in [0.717, 1.165) is 62.8 Å². The molecule has 0 bridgehead atoms. The maximum absolute atomic E-state index is 14.1. The van der Waals surface area contributed by atoms with Crippen molar-refractivity contribution >= 4 is 29.2 Å². The molecule has 3 fully saturated rings. The molecule has 1 atom stereocenters. The van der Waals surface area contributed by atoms with Gasteiger partial charge in [0.2, 0.25) is 11.8 Å². The summed E-state index contributed by atoms with van der Waals surface area (Å²) in [5.41, 5.74) is 7.13. The Bertz CT molecular complexity index is 1550. The van der Waals surface area contributed by atoms with Crippen LogP contribution in [0, 0.1) is 12.8 Å². The van der Waals surface area contributed by atoms with Crippen LogP contribution in [0.25, 0.3) is 0 Å². The molecule has 0 unspecified atom stereocenters. The van der Waals surface area contributed by atoms with Gasteiger partial charge >= 0.3 is 12.2 Å². The number of anilines is 2.